The van der Waals surface area contributed by atoms with Crippen molar-refractivity contribution in [2.75, 3.05) is 32.7 Å². The van der Waals surface area contributed by atoms with E-state index in [-0.39, 0.29) is 0 Å². The van der Waals surface area contributed by atoms with E-state index < -0.39 is 0 Å². The summed E-state index contributed by atoms with van der Waals surface area (Å²) in [5.74, 6) is 1.81. The Kier molecular flexibility index (Phi) is 6.74. The van der Waals surface area contributed by atoms with Gasteiger partial charge in [0.25, 0.3) is 0 Å². The second-order valence-corrected chi connectivity index (χ2v) is 7.76. The van der Waals surface area contributed by atoms with Crippen molar-refractivity contribution >= 4 is 6.08 Å². The summed E-state index contributed by atoms with van der Waals surface area (Å²) in [5.41, 5.74) is 2.63. The zero-order valence-corrected chi connectivity index (χ0v) is 16.9. The maximum atomic E-state index is 5.99. The van der Waals surface area contributed by atoms with Crippen molar-refractivity contribution in [1.82, 2.24) is 0 Å². The number of nitrogens with one attached hydrogen (secondary N) is 2. The van der Waals surface area contributed by atoms with Crippen LogP contribution in [0.1, 0.15) is 11.1 Å². The van der Waals surface area contributed by atoms with Crippen LogP contribution in [0.25, 0.3) is 6.08 Å². The number of para-hydroxylation sites is 1. The molecule has 1 saturated heterocycles. The largest absolute Gasteiger partial charge is 0.457 e. The lowest BCUT2D eigenvalue weighted by atomic mass is 10.2. The first-order chi connectivity index (χ1) is 14.3. The zero-order valence-electron chi connectivity index (χ0n) is 16.9. The standard InChI is InChI=1S/C26H28N2O/c1-3-9-23(10-4-1)12-8-16-27-17-19-28(20-18-27)22-24-11-7-15-26(21-24)29-25-13-5-2-6-14-25/h1-15,21H,16-20,22H2/p+2/b12-8+. The van der Waals surface area contributed by atoms with Crippen LogP contribution in [0.4, 0.5) is 0 Å². The molecule has 0 amide bonds. The Morgan fingerprint density at radius 1 is 0.690 bits per heavy atom. The molecule has 1 aliphatic rings. The molecule has 0 aliphatic carbocycles. The lowest BCUT2D eigenvalue weighted by molar-refractivity contribution is -1.02. The average Bonchev–Trinajstić information content (AvgIpc) is 2.77. The molecule has 3 aromatic rings. The van der Waals surface area contributed by atoms with Gasteiger partial charge in [0.1, 0.15) is 44.2 Å². The number of ether oxygens (including phenoxy) is 1. The van der Waals surface area contributed by atoms with E-state index in [2.05, 4.69) is 60.7 Å². The fourth-order valence-corrected chi connectivity index (χ4v) is 3.90. The van der Waals surface area contributed by atoms with Gasteiger partial charge >= 0.3 is 0 Å². The number of quaternary nitrogens is 2. The first-order valence-electron chi connectivity index (χ1n) is 10.6. The maximum Gasteiger partial charge on any atom is 0.127 e. The highest BCUT2D eigenvalue weighted by Gasteiger charge is 2.22. The summed E-state index contributed by atoms with van der Waals surface area (Å²) in [4.78, 5) is 3.35. The molecule has 0 unspecified atom stereocenters. The Labute approximate surface area is 173 Å². The van der Waals surface area contributed by atoms with Crippen LogP contribution in [0.3, 0.4) is 0 Å². The minimum Gasteiger partial charge on any atom is -0.457 e. The van der Waals surface area contributed by atoms with Crippen LogP contribution in [0.2, 0.25) is 0 Å². The highest BCUT2D eigenvalue weighted by molar-refractivity contribution is 5.48. The molecule has 0 saturated carbocycles. The van der Waals surface area contributed by atoms with Gasteiger partial charge in [-0.3, -0.25) is 0 Å². The van der Waals surface area contributed by atoms with Gasteiger partial charge in [0.2, 0.25) is 0 Å². The second kappa shape index (κ2) is 10.1. The molecule has 4 rings (SSSR count). The van der Waals surface area contributed by atoms with Crippen molar-refractivity contribution in [3.63, 3.8) is 0 Å². The summed E-state index contributed by atoms with van der Waals surface area (Å²) in [6.07, 6.45) is 4.56. The molecule has 1 heterocycles. The molecule has 1 fully saturated rings. The molecule has 0 atom stereocenters. The zero-order chi connectivity index (χ0) is 19.7. The Morgan fingerprint density at radius 3 is 2.10 bits per heavy atom. The summed E-state index contributed by atoms with van der Waals surface area (Å²) in [6, 6.07) is 29.1. The average molecular weight is 387 g/mol. The molecule has 29 heavy (non-hydrogen) atoms. The van der Waals surface area contributed by atoms with Crippen LogP contribution in [0.5, 0.6) is 11.5 Å². The third-order valence-electron chi connectivity index (χ3n) is 5.51. The van der Waals surface area contributed by atoms with E-state index in [0.29, 0.717) is 0 Å². The predicted molar refractivity (Wildman–Crippen MR) is 118 cm³/mol. The Balaban J connectivity index is 1.24. The maximum absolute atomic E-state index is 5.99. The van der Waals surface area contributed by atoms with Gasteiger partial charge in [-0.25, -0.2) is 0 Å². The molecule has 0 aromatic heterocycles. The Hall–Kier alpha value is -2.88. The normalized spacial score (nSPS) is 19.3. The summed E-state index contributed by atoms with van der Waals surface area (Å²) >= 11 is 0. The van der Waals surface area contributed by atoms with E-state index >= 15 is 0 Å². The summed E-state index contributed by atoms with van der Waals surface area (Å²) in [6.45, 7) is 7.08. The van der Waals surface area contributed by atoms with Gasteiger partial charge in [-0.1, -0.05) is 66.7 Å². The van der Waals surface area contributed by atoms with Crippen LogP contribution in [-0.2, 0) is 6.54 Å². The second-order valence-electron chi connectivity index (χ2n) is 7.76. The molecule has 148 valence electrons. The van der Waals surface area contributed by atoms with Crippen molar-refractivity contribution in [1.29, 1.82) is 0 Å². The minimum atomic E-state index is 0.887. The van der Waals surface area contributed by atoms with Gasteiger partial charge in [-0.05, 0) is 35.9 Å². The molecule has 0 radical (unpaired) electrons. The van der Waals surface area contributed by atoms with Crippen LogP contribution >= 0.6 is 0 Å². The molecular formula is C26H30N2O+2. The van der Waals surface area contributed by atoms with Gasteiger partial charge in [-0.2, -0.15) is 0 Å². The molecule has 3 heteroatoms. The van der Waals surface area contributed by atoms with Crippen LogP contribution < -0.4 is 14.5 Å². The molecule has 2 N–H and O–H groups in total. The van der Waals surface area contributed by atoms with Gasteiger partial charge in [0.05, 0.1) is 6.54 Å². The van der Waals surface area contributed by atoms with Gasteiger partial charge in [-0.15, -0.1) is 0 Å². The molecule has 3 aromatic carbocycles. The van der Waals surface area contributed by atoms with Crippen molar-refractivity contribution in [2.45, 2.75) is 6.54 Å². The highest BCUT2D eigenvalue weighted by atomic mass is 16.5. The summed E-state index contributed by atoms with van der Waals surface area (Å²) in [7, 11) is 0. The van der Waals surface area contributed by atoms with Gasteiger partial charge < -0.3 is 14.5 Å². The van der Waals surface area contributed by atoms with Crippen LogP contribution in [0, 0.1) is 0 Å². The Bertz CT molecular complexity index is 900. The van der Waals surface area contributed by atoms with Crippen molar-refractivity contribution in [3.05, 3.63) is 102 Å². The molecular weight excluding hydrogens is 356 g/mol. The highest BCUT2D eigenvalue weighted by Crippen LogP contribution is 2.21. The predicted octanol–water partition coefficient (Wildman–Crippen LogP) is 2.48. The minimum absolute atomic E-state index is 0.887. The summed E-state index contributed by atoms with van der Waals surface area (Å²) in [5, 5.41) is 0. The number of hydrogen-bond donors (Lipinski definition) is 2. The number of rotatable bonds is 7. The van der Waals surface area contributed by atoms with Gasteiger partial charge in [0.15, 0.2) is 0 Å². The fraction of sp³-hybridized carbons (Fsp3) is 0.231. The smallest absolute Gasteiger partial charge is 0.127 e. The first kappa shape index (κ1) is 19.4. The van der Waals surface area contributed by atoms with E-state index in [0.717, 1.165) is 24.6 Å². The third-order valence-corrected chi connectivity index (χ3v) is 5.51. The van der Waals surface area contributed by atoms with Gasteiger partial charge in [0, 0.05) is 5.56 Å². The van der Waals surface area contributed by atoms with E-state index in [1.54, 1.807) is 9.80 Å². The first-order valence-corrected chi connectivity index (χ1v) is 10.6. The van der Waals surface area contributed by atoms with E-state index in [1.807, 2.05) is 36.4 Å². The van der Waals surface area contributed by atoms with Crippen LogP contribution in [-0.4, -0.2) is 32.7 Å². The fourth-order valence-electron chi connectivity index (χ4n) is 3.90. The van der Waals surface area contributed by atoms with E-state index in [9.17, 15) is 0 Å². The Morgan fingerprint density at radius 2 is 1.34 bits per heavy atom. The van der Waals surface area contributed by atoms with Crippen molar-refractivity contribution in [3.8, 4) is 11.5 Å². The molecule has 0 spiro atoms. The molecule has 3 nitrogen and oxygen atoms in total. The molecule has 0 bridgehead atoms. The quantitative estimate of drug-likeness (QED) is 0.638. The lowest BCUT2D eigenvalue weighted by Crippen LogP contribution is -3.27. The number of hydrogen-bond acceptors (Lipinski definition) is 1. The van der Waals surface area contributed by atoms with E-state index in [4.69, 9.17) is 4.74 Å². The molecule has 1 aliphatic heterocycles. The number of piperazine rings is 1. The van der Waals surface area contributed by atoms with Crippen molar-refractivity contribution in [2.24, 2.45) is 0 Å². The lowest BCUT2D eigenvalue weighted by Gasteiger charge is -2.29. The monoisotopic (exact) mass is 386 g/mol. The summed E-state index contributed by atoms with van der Waals surface area (Å²) < 4.78 is 5.99. The topological polar surface area (TPSA) is 18.1 Å². The third kappa shape index (κ3) is 6.05. The SMILES string of the molecule is C(=C\c1ccccc1)/C[NH+]1CC[NH+](Cc2cccc(Oc3ccccc3)c2)CC1. The van der Waals surface area contributed by atoms with Crippen molar-refractivity contribution < 1.29 is 14.5 Å². The number of benzene rings is 3. The van der Waals surface area contributed by atoms with Crippen LogP contribution in [0.15, 0.2) is 91.0 Å². The van der Waals surface area contributed by atoms with E-state index in [1.165, 1.54) is 37.3 Å².